The predicted molar refractivity (Wildman–Crippen MR) is 106 cm³/mol. The molecule has 0 aliphatic carbocycles. The maximum atomic E-state index is 12.9. The second kappa shape index (κ2) is 8.23. The van der Waals surface area contributed by atoms with Crippen molar-refractivity contribution in [3.8, 4) is 0 Å². The number of rotatable bonds is 4. The van der Waals surface area contributed by atoms with Crippen molar-refractivity contribution in [1.82, 2.24) is 35.9 Å². The number of amides is 1. The smallest absolute Gasteiger partial charge is 0.228 e. The largest absolute Gasteiger partial charge is 0.381 e. The van der Waals surface area contributed by atoms with Crippen LogP contribution in [0.2, 0.25) is 0 Å². The zero-order valence-corrected chi connectivity index (χ0v) is 17.0. The molecule has 5 heterocycles. The van der Waals surface area contributed by atoms with Crippen molar-refractivity contribution >= 4 is 5.91 Å². The Morgan fingerprint density at radius 3 is 2.79 bits per heavy atom. The van der Waals surface area contributed by atoms with E-state index in [0.717, 1.165) is 51.5 Å². The Bertz CT molecular complexity index is 714. The molecule has 1 amide bonds. The zero-order valence-electron chi connectivity index (χ0n) is 17.0. The molecular weight excluding hydrogens is 370 g/mol. The molecule has 158 valence electrons. The van der Waals surface area contributed by atoms with Crippen molar-refractivity contribution in [3.63, 3.8) is 0 Å². The molecule has 3 unspecified atom stereocenters. The first-order valence-corrected chi connectivity index (χ1v) is 10.8. The quantitative estimate of drug-likeness (QED) is 0.624. The van der Waals surface area contributed by atoms with Gasteiger partial charge in [0.1, 0.15) is 5.82 Å². The Morgan fingerprint density at radius 1 is 1.21 bits per heavy atom. The lowest BCUT2D eigenvalue weighted by atomic mass is 9.91. The Kier molecular flexibility index (Phi) is 5.49. The predicted octanol–water partition coefficient (Wildman–Crippen LogP) is -0.468. The first-order chi connectivity index (χ1) is 14.2. The zero-order chi connectivity index (χ0) is 19.8. The lowest BCUT2D eigenvalue weighted by Crippen LogP contribution is -2.68. The lowest BCUT2D eigenvalue weighted by Gasteiger charge is -2.43. The van der Waals surface area contributed by atoms with Crippen LogP contribution < -0.4 is 16.1 Å². The van der Waals surface area contributed by atoms with Crippen LogP contribution in [-0.4, -0.2) is 77.0 Å². The van der Waals surface area contributed by atoms with Gasteiger partial charge in [0, 0.05) is 57.2 Å². The number of hydrazine groups is 1. The number of carbonyl (C=O) groups is 1. The van der Waals surface area contributed by atoms with E-state index in [1.54, 1.807) is 12.4 Å². The third kappa shape index (κ3) is 3.89. The van der Waals surface area contributed by atoms with Gasteiger partial charge in [-0.05, 0) is 24.8 Å². The summed E-state index contributed by atoms with van der Waals surface area (Å²) in [7, 11) is 0. The van der Waals surface area contributed by atoms with Crippen LogP contribution in [0.4, 0.5) is 0 Å². The van der Waals surface area contributed by atoms with Gasteiger partial charge in [-0.2, -0.15) is 0 Å². The minimum absolute atomic E-state index is 0.0114. The van der Waals surface area contributed by atoms with Gasteiger partial charge in [0.25, 0.3) is 0 Å². The fraction of sp³-hybridized carbons (Fsp3) is 0.750. The second-order valence-electron chi connectivity index (χ2n) is 8.82. The molecule has 29 heavy (non-hydrogen) atoms. The maximum absolute atomic E-state index is 12.9. The molecule has 9 nitrogen and oxygen atoms in total. The number of hydrogen-bond donors (Lipinski definition) is 3. The number of aromatic nitrogens is 2. The Hall–Kier alpha value is -1.65. The molecule has 0 bridgehead atoms. The summed E-state index contributed by atoms with van der Waals surface area (Å²) in [5.41, 5.74) is 3.49. The third-order valence-corrected chi connectivity index (χ3v) is 6.90. The molecule has 4 aliphatic rings. The van der Waals surface area contributed by atoms with Crippen molar-refractivity contribution in [2.75, 3.05) is 32.8 Å². The van der Waals surface area contributed by atoms with Gasteiger partial charge < -0.3 is 10.1 Å². The van der Waals surface area contributed by atoms with Crippen molar-refractivity contribution in [3.05, 3.63) is 24.3 Å². The summed E-state index contributed by atoms with van der Waals surface area (Å²) in [6.07, 6.45) is 5.64. The molecule has 1 aromatic rings. The molecule has 3 N–H and O–H groups in total. The Morgan fingerprint density at radius 2 is 2.00 bits per heavy atom. The molecule has 4 aliphatic heterocycles. The van der Waals surface area contributed by atoms with E-state index in [1.807, 2.05) is 6.07 Å². The van der Waals surface area contributed by atoms with Crippen LogP contribution in [0.3, 0.4) is 0 Å². The van der Waals surface area contributed by atoms with Crippen LogP contribution in [0, 0.1) is 17.8 Å². The molecule has 5 atom stereocenters. The summed E-state index contributed by atoms with van der Waals surface area (Å²) in [4.78, 5) is 24.0. The van der Waals surface area contributed by atoms with Crippen LogP contribution in [-0.2, 0) is 16.1 Å². The first-order valence-electron chi connectivity index (χ1n) is 10.8. The molecule has 4 saturated heterocycles. The summed E-state index contributed by atoms with van der Waals surface area (Å²) in [6, 6.07) is 2.27. The maximum Gasteiger partial charge on any atom is 0.228 e. The van der Waals surface area contributed by atoms with Crippen LogP contribution in [0.1, 0.15) is 25.6 Å². The molecule has 5 rings (SSSR count). The number of nitrogens with one attached hydrogen (secondary N) is 3. The lowest BCUT2D eigenvalue weighted by molar-refractivity contribution is -0.131. The van der Waals surface area contributed by atoms with E-state index in [0.29, 0.717) is 24.4 Å². The summed E-state index contributed by atoms with van der Waals surface area (Å²) in [6.45, 7) is 7.25. The fourth-order valence-corrected chi connectivity index (χ4v) is 5.35. The highest BCUT2D eigenvalue weighted by molar-refractivity contribution is 5.81. The number of hydrogen-bond acceptors (Lipinski definition) is 8. The van der Waals surface area contributed by atoms with E-state index in [9.17, 15) is 4.79 Å². The summed E-state index contributed by atoms with van der Waals surface area (Å²) in [5, 5.41) is 9.35. The number of carbonyl (C=O) groups excluding carboxylic acids is 1. The van der Waals surface area contributed by atoms with Gasteiger partial charge in [0.2, 0.25) is 5.91 Å². The Balaban J connectivity index is 1.25. The summed E-state index contributed by atoms with van der Waals surface area (Å²) in [5.74, 6) is 1.82. The topological polar surface area (TPSA) is 94.7 Å². The van der Waals surface area contributed by atoms with Gasteiger partial charge >= 0.3 is 0 Å². The van der Waals surface area contributed by atoms with E-state index >= 15 is 0 Å². The van der Waals surface area contributed by atoms with Gasteiger partial charge in [-0.3, -0.25) is 20.4 Å². The van der Waals surface area contributed by atoms with Gasteiger partial charge in [-0.1, -0.05) is 6.92 Å². The molecule has 0 aromatic carbocycles. The summed E-state index contributed by atoms with van der Waals surface area (Å²) >= 11 is 0. The molecule has 0 saturated carbocycles. The SMILES string of the molecule is C[C@@H]1CN(Cc2ncccn2)C[C@H]1C1NC(=O)C2CNN(C3CCOCC3)C2N1. The van der Waals surface area contributed by atoms with Crippen LogP contribution >= 0.6 is 0 Å². The van der Waals surface area contributed by atoms with Crippen LogP contribution in [0.25, 0.3) is 0 Å². The number of likely N-dealkylation sites (tertiary alicyclic amines) is 1. The minimum Gasteiger partial charge on any atom is -0.381 e. The van der Waals surface area contributed by atoms with E-state index in [2.05, 4.69) is 42.9 Å². The Labute approximate surface area is 171 Å². The average molecular weight is 402 g/mol. The van der Waals surface area contributed by atoms with Crippen molar-refractivity contribution in [2.24, 2.45) is 17.8 Å². The van der Waals surface area contributed by atoms with Crippen molar-refractivity contribution < 1.29 is 9.53 Å². The number of fused-ring (bicyclic) bond motifs is 1. The van der Waals surface area contributed by atoms with Gasteiger partial charge in [-0.25, -0.2) is 15.0 Å². The third-order valence-electron chi connectivity index (χ3n) is 6.90. The van der Waals surface area contributed by atoms with Crippen LogP contribution in [0.5, 0.6) is 0 Å². The van der Waals surface area contributed by atoms with Crippen molar-refractivity contribution in [2.45, 2.75) is 44.7 Å². The highest BCUT2D eigenvalue weighted by Crippen LogP contribution is 2.31. The second-order valence-corrected chi connectivity index (χ2v) is 8.82. The standard InChI is InChI=1S/C20H31N7O2/c1-13-10-26(12-17-21-5-2-6-22-17)11-16(13)18-24-19-15(20(28)25-18)9-23-27(19)14-3-7-29-8-4-14/h2,5-6,13-16,18-19,23-24H,3-4,7-12H2,1H3,(H,25,28)/t13-,15?,16-,18?,19?/m1/s1. The normalized spacial score (nSPS) is 36.9. The molecule has 9 heteroatoms. The highest BCUT2D eigenvalue weighted by Gasteiger charge is 2.49. The van der Waals surface area contributed by atoms with E-state index < -0.39 is 0 Å². The first kappa shape index (κ1) is 19.3. The average Bonchev–Trinajstić information content (AvgIpc) is 3.33. The van der Waals surface area contributed by atoms with Gasteiger partial charge in [-0.15, -0.1) is 0 Å². The number of nitrogens with zero attached hydrogens (tertiary/aromatic N) is 4. The number of ether oxygens (including phenoxy) is 1. The fourth-order valence-electron chi connectivity index (χ4n) is 5.35. The van der Waals surface area contributed by atoms with Gasteiger partial charge in [0.15, 0.2) is 0 Å². The monoisotopic (exact) mass is 401 g/mol. The minimum atomic E-state index is -0.0420. The molecule has 4 fully saturated rings. The molecular formula is C20H31N7O2. The van der Waals surface area contributed by atoms with Crippen LogP contribution in [0.15, 0.2) is 18.5 Å². The molecule has 0 radical (unpaired) electrons. The summed E-state index contributed by atoms with van der Waals surface area (Å²) < 4.78 is 5.52. The van der Waals surface area contributed by atoms with Gasteiger partial charge in [0.05, 0.1) is 24.8 Å². The van der Waals surface area contributed by atoms with E-state index in [1.165, 1.54) is 0 Å². The molecule has 0 spiro atoms. The van der Waals surface area contributed by atoms with E-state index in [4.69, 9.17) is 4.74 Å². The van der Waals surface area contributed by atoms with E-state index in [-0.39, 0.29) is 24.2 Å². The highest BCUT2D eigenvalue weighted by atomic mass is 16.5. The van der Waals surface area contributed by atoms with Crippen molar-refractivity contribution in [1.29, 1.82) is 0 Å². The molecule has 1 aromatic heterocycles.